The molecule has 1 amide bonds. The average Bonchev–Trinajstić information content (AvgIpc) is 2.85. The van der Waals surface area contributed by atoms with Gasteiger partial charge in [-0.3, -0.25) is 4.79 Å². The van der Waals surface area contributed by atoms with Crippen molar-refractivity contribution in [3.8, 4) is 6.07 Å². The summed E-state index contributed by atoms with van der Waals surface area (Å²) in [5.41, 5.74) is 0.463. The van der Waals surface area contributed by atoms with E-state index in [9.17, 15) is 9.18 Å². The summed E-state index contributed by atoms with van der Waals surface area (Å²) in [7, 11) is 0. The molecule has 0 bridgehead atoms. The van der Waals surface area contributed by atoms with Gasteiger partial charge in [-0.25, -0.2) is 4.39 Å². The maximum atomic E-state index is 12.7. The maximum Gasteiger partial charge on any atom is 0.235 e. The molecule has 0 saturated carbocycles. The molecule has 0 saturated heterocycles. The van der Waals surface area contributed by atoms with Crippen LogP contribution in [0.4, 0.5) is 9.39 Å². The molecule has 19 heavy (non-hydrogen) atoms. The van der Waals surface area contributed by atoms with Crippen molar-refractivity contribution in [2.75, 3.05) is 11.1 Å². The summed E-state index contributed by atoms with van der Waals surface area (Å²) in [6.07, 6.45) is 0. The average molecular weight is 292 g/mol. The largest absolute Gasteiger partial charge is 0.316 e. The van der Waals surface area contributed by atoms with Crippen LogP contribution in [0, 0.1) is 17.1 Å². The SMILES string of the molecule is N#Cc1ccsc1NC(=O)CSc1ccc(F)cc1. The Bertz CT molecular complexity index is 616. The van der Waals surface area contributed by atoms with E-state index in [2.05, 4.69) is 5.32 Å². The highest BCUT2D eigenvalue weighted by Gasteiger charge is 2.08. The minimum atomic E-state index is -0.300. The van der Waals surface area contributed by atoms with Crippen molar-refractivity contribution in [3.63, 3.8) is 0 Å². The van der Waals surface area contributed by atoms with Crippen molar-refractivity contribution in [2.24, 2.45) is 0 Å². The molecule has 2 aromatic rings. The van der Waals surface area contributed by atoms with Gasteiger partial charge in [0.05, 0.1) is 11.3 Å². The number of hydrogen-bond donors (Lipinski definition) is 1. The first-order valence-corrected chi connectivity index (χ1v) is 7.21. The molecule has 2 rings (SSSR count). The highest BCUT2D eigenvalue weighted by molar-refractivity contribution is 8.00. The fourth-order valence-electron chi connectivity index (χ4n) is 1.34. The van der Waals surface area contributed by atoms with Crippen LogP contribution in [0.15, 0.2) is 40.6 Å². The van der Waals surface area contributed by atoms with Gasteiger partial charge in [-0.1, -0.05) is 0 Å². The summed E-state index contributed by atoms with van der Waals surface area (Å²) >= 11 is 2.63. The van der Waals surface area contributed by atoms with Crippen LogP contribution in [-0.4, -0.2) is 11.7 Å². The van der Waals surface area contributed by atoms with Gasteiger partial charge in [-0.2, -0.15) is 5.26 Å². The number of amides is 1. The first kappa shape index (κ1) is 13.6. The van der Waals surface area contributed by atoms with Gasteiger partial charge in [0.1, 0.15) is 16.9 Å². The first-order valence-electron chi connectivity index (χ1n) is 5.35. The Labute approximate surface area is 118 Å². The Balaban J connectivity index is 1.89. The van der Waals surface area contributed by atoms with Gasteiger partial charge in [0.2, 0.25) is 5.91 Å². The van der Waals surface area contributed by atoms with E-state index in [0.29, 0.717) is 10.6 Å². The normalized spacial score (nSPS) is 9.89. The minimum absolute atomic E-state index is 0.187. The highest BCUT2D eigenvalue weighted by Crippen LogP contribution is 2.23. The standard InChI is InChI=1S/C13H9FN2OS2/c14-10-1-3-11(4-2-10)19-8-12(17)16-13-9(7-15)5-6-18-13/h1-6H,8H2,(H,16,17). The monoisotopic (exact) mass is 292 g/mol. The summed E-state index contributed by atoms with van der Waals surface area (Å²) in [6, 6.07) is 9.63. The van der Waals surface area contributed by atoms with E-state index < -0.39 is 0 Å². The fraction of sp³-hybridized carbons (Fsp3) is 0.0769. The molecular formula is C13H9FN2OS2. The zero-order valence-corrected chi connectivity index (χ0v) is 11.4. The molecule has 1 N–H and O–H groups in total. The molecule has 1 heterocycles. The zero-order chi connectivity index (χ0) is 13.7. The number of thiophene rings is 1. The zero-order valence-electron chi connectivity index (χ0n) is 9.72. The van der Waals surface area contributed by atoms with Crippen LogP contribution >= 0.6 is 23.1 Å². The number of hydrogen-bond acceptors (Lipinski definition) is 4. The smallest absolute Gasteiger partial charge is 0.235 e. The van der Waals surface area contributed by atoms with Crippen LogP contribution < -0.4 is 5.32 Å². The third-order valence-electron chi connectivity index (χ3n) is 2.22. The van der Waals surface area contributed by atoms with E-state index >= 15 is 0 Å². The second-order valence-electron chi connectivity index (χ2n) is 3.57. The molecule has 0 radical (unpaired) electrons. The van der Waals surface area contributed by atoms with Crippen LogP contribution in [0.2, 0.25) is 0 Å². The summed E-state index contributed by atoms with van der Waals surface area (Å²) < 4.78 is 12.7. The number of nitriles is 1. The molecule has 6 heteroatoms. The van der Waals surface area contributed by atoms with E-state index in [4.69, 9.17) is 5.26 Å². The summed E-state index contributed by atoms with van der Waals surface area (Å²) in [4.78, 5) is 12.5. The lowest BCUT2D eigenvalue weighted by atomic mass is 10.3. The second-order valence-corrected chi connectivity index (χ2v) is 5.53. The van der Waals surface area contributed by atoms with Crippen LogP contribution in [-0.2, 0) is 4.79 Å². The lowest BCUT2D eigenvalue weighted by Crippen LogP contribution is -2.13. The topological polar surface area (TPSA) is 52.9 Å². The van der Waals surface area contributed by atoms with Gasteiger partial charge in [-0.05, 0) is 35.7 Å². The van der Waals surface area contributed by atoms with Crippen LogP contribution in [0.3, 0.4) is 0 Å². The van der Waals surface area contributed by atoms with E-state index in [1.54, 1.807) is 23.6 Å². The van der Waals surface area contributed by atoms with E-state index in [0.717, 1.165) is 4.90 Å². The van der Waals surface area contributed by atoms with Crippen molar-refractivity contribution in [1.29, 1.82) is 5.26 Å². The molecule has 0 spiro atoms. The van der Waals surface area contributed by atoms with Gasteiger partial charge >= 0.3 is 0 Å². The molecule has 0 aliphatic rings. The molecule has 0 aliphatic heterocycles. The molecular weight excluding hydrogens is 283 g/mol. The predicted molar refractivity (Wildman–Crippen MR) is 74.8 cm³/mol. The van der Waals surface area contributed by atoms with Crippen molar-refractivity contribution in [2.45, 2.75) is 4.90 Å². The van der Waals surface area contributed by atoms with Crippen molar-refractivity contribution < 1.29 is 9.18 Å². The molecule has 0 unspecified atom stereocenters. The van der Waals surface area contributed by atoms with Gasteiger partial charge in [0.25, 0.3) is 0 Å². The van der Waals surface area contributed by atoms with Gasteiger partial charge in [0, 0.05) is 4.90 Å². The molecule has 0 fully saturated rings. The van der Waals surface area contributed by atoms with Gasteiger partial charge < -0.3 is 5.32 Å². The lowest BCUT2D eigenvalue weighted by Gasteiger charge is -2.03. The van der Waals surface area contributed by atoms with Crippen LogP contribution in [0.25, 0.3) is 0 Å². The molecule has 0 aliphatic carbocycles. The number of nitrogens with one attached hydrogen (secondary N) is 1. The molecule has 1 aromatic carbocycles. The highest BCUT2D eigenvalue weighted by atomic mass is 32.2. The van der Waals surface area contributed by atoms with Crippen LogP contribution in [0.1, 0.15) is 5.56 Å². The third-order valence-corrected chi connectivity index (χ3v) is 4.06. The van der Waals surface area contributed by atoms with Crippen molar-refractivity contribution in [3.05, 3.63) is 47.1 Å². The Hall–Kier alpha value is -1.84. The number of benzene rings is 1. The van der Waals surface area contributed by atoms with Crippen molar-refractivity contribution in [1.82, 2.24) is 0 Å². The third kappa shape index (κ3) is 3.81. The predicted octanol–water partition coefficient (Wildman–Crippen LogP) is 3.49. The minimum Gasteiger partial charge on any atom is -0.316 e. The molecule has 96 valence electrons. The summed E-state index contributed by atoms with van der Waals surface area (Å²) in [5.74, 6) is -0.270. The fourth-order valence-corrected chi connectivity index (χ4v) is 2.79. The first-order chi connectivity index (χ1) is 9.19. The van der Waals surface area contributed by atoms with Crippen molar-refractivity contribution >= 4 is 34.0 Å². The van der Waals surface area contributed by atoms with E-state index in [-0.39, 0.29) is 17.5 Å². The number of halogens is 1. The van der Waals surface area contributed by atoms with Gasteiger partial charge in [-0.15, -0.1) is 23.1 Å². The number of anilines is 1. The Kier molecular flexibility index (Phi) is 4.55. The molecule has 0 atom stereocenters. The Morgan fingerprint density at radius 3 is 2.79 bits per heavy atom. The maximum absolute atomic E-state index is 12.7. The number of thioether (sulfide) groups is 1. The lowest BCUT2D eigenvalue weighted by molar-refractivity contribution is -0.113. The number of carbonyl (C=O) groups is 1. The Morgan fingerprint density at radius 2 is 2.11 bits per heavy atom. The number of nitrogens with zero attached hydrogens (tertiary/aromatic N) is 1. The van der Waals surface area contributed by atoms with E-state index in [1.807, 2.05) is 6.07 Å². The number of carbonyl (C=O) groups excluding carboxylic acids is 1. The van der Waals surface area contributed by atoms with Crippen LogP contribution in [0.5, 0.6) is 0 Å². The summed E-state index contributed by atoms with van der Waals surface area (Å²) in [5, 5.41) is 13.8. The number of rotatable bonds is 4. The second kappa shape index (κ2) is 6.36. The van der Waals surface area contributed by atoms with E-state index in [1.165, 1.54) is 35.2 Å². The molecule has 3 nitrogen and oxygen atoms in total. The van der Waals surface area contributed by atoms with Gasteiger partial charge in [0.15, 0.2) is 0 Å². The summed E-state index contributed by atoms with van der Waals surface area (Å²) in [6.45, 7) is 0. The quantitative estimate of drug-likeness (QED) is 0.878. The Morgan fingerprint density at radius 1 is 1.37 bits per heavy atom. The molecule has 1 aromatic heterocycles.